The van der Waals surface area contributed by atoms with Crippen LogP contribution in [0, 0.1) is 0 Å². The zero-order chi connectivity index (χ0) is 16.2. The number of hydrogen-bond donors (Lipinski definition) is 1. The fraction of sp³-hybridized carbons (Fsp3) is 0.0625. The first-order valence-electron chi connectivity index (χ1n) is 6.72. The van der Waals surface area contributed by atoms with Gasteiger partial charge in [0.2, 0.25) is 0 Å². The van der Waals surface area contributed by atoms with Crippen LogP contribution >= 0.6 is 23.4 Å². The normalized spacial score (nSPS) is 10.5. The number of amides is 1. The van der Waals surface area contributed by atoms with E-state index in [9.17, 15) is 4.79 Å². The first kappa shape index (κ1) is 15.6. The van der Waals surface area contributed by atoms with Crippen molar-refractivity contribution in [2.24, 2.45) is 0 Å². The molecule has 0 radical (unpaired) electrons. The van der Waals surface area contributed by atoms with Gasteiger partial charge < -0.3 is 4.42 Å². The van der Waals surface area contributed by atoms with E-state index in [4.69, 9.17) is 16.0 Å². The fourth-order valence-corrected chi connectivity index (χ4v) is 2.83. The SMILES string of the molecule is CSc1ccccc1-c1nnc(NC(=O)c2ccccc2Cl)o1. The Balaban J connectivity index is 1.83. The van der Waals surface area contributed by atoms with Crippen molar-refractivity contribution in [1.29, 1.82) is 0 Å². The van der Waals surface area contributed by atoms with Crippen LogP contribution < -0.4 is 5.32 Å². The molecule has 0 spiro atoms. The number of nitrogens with zero attached hydrogens (tertiary/aromatic N) is 2. The highest BCUT2D eigenvalue weighted by molar-refractivity contribution is 7.98. The van der Waals surface area contributed by atoms with Gasteiger partial charge in [-0.15, -0.1) is 16.9 Å². The molecule has 5 nitrogen and oxygen atoms in total. The molecule has 0 aliphatic rings. The summed E-state index contributed by atoms with van der Waals surface area (Å²) >= 11 is 7.58. The number of benzene rings is 2. The molecule has 0 aliphatic heterocycles. The van der Waals surface area contributed by atoms with Crippen molar-refractivity contribution in [3.05, 3.63) is 59.1 Å². The molecule has 3 aromatic rings. The number of nitrogens with one attached hydrogen (secondary N) is 1. The van der Waals surface area contributed by atoms with Crippen LogP contribution in [0.4, 0.5) is 6.01 Å². The molecule has 0 saturated carbocycles. The summed E-state index contributed by atoms with van der Waals surface area (Å²) in [5, 5.41) is 10.8. The van der Waals surface area contributed by atoms with Gasteiger partial charge in [0.15, 0.2) is 0 Å². The molecule has 1 heterocycles. The molecule has 7 heteroatoms. The zero-order valence-electron chi connectivity index (χ0n) is 12.1. The smallest absolute Gasteiger partial charge is 0.322 e. The molecule has 0 saturated heterocycles. The zero-order valence-corrected chi connectivity index (χ0v) is 13.7. The average Bonchev–Trinajstić information content (AvgIpc) is 3.03. The van der Waals surface area contributed by atoms with E-state index in [-0.39, 0.29) is 6.01 Å². The summed E-state index contributed by atoms with van der Waals surface area (Å²) in [6.45, 7) is 0. The summed E-state index contributed by atoms with van der Waals surface area (Å²) in [6.07, 6.45) is 1.97. The number of carbonyl (C=O) groups is 1. The van der Waals surface area contributed by atoms with Gasteiger partial charge in [-0.2, -0.15) is 0 Å². The van der Waals surface area contributed by atoms with E-state index in [0.29, 0.717) is 16.5 Å². The number of halogens is 1. The highest BCUT2D eigenvalue weighted by Crippen LogP contribution is 2.29. The third kappa shape index (κ3) is 3.38. The van der Waals surface area contributed by atoms with Crippen LogP contribution in [-0.4, -0.2) is 22.4 Å². The molecule has 1 aromatic heterocycles. The van der Waals surface area contributed by atoms with Crippen LogP contribution in [0.5, 0.6) is 0 Å². The molecular formula is C16H12ClN3O2S. The van der Waals surface area contributed by atoms with Gasteiger partial charge in [-0.25, -0.2) is 0 Å². The predicted molar refractivity (Wildman–Crippen MR) is 90.9 cm³/mol. The van der Waals surface area contributed by atoms with Gasteiger partial charge in [0.25, 0.3) is 11.8 Å². The maximum absolute atomic E-state index is 12.2. The quantitative estimate of drug-likeness (QED) is 0.711. The summed E-state index contributed by atoms with van der Waals surface area (Å²) in [4.78, 5) is 13.2. The Labute approximate surface area is 142 Å². The number of hydrogen-bond acceptors (Lipinski definition) is 5. The number of anilines is 1. The number of aromatic nitrogens is 2. The Hall–Kier alpha value is -2.31. The Morgan fingerprint density at radius 1 is 1.13 bits per heavy atom. The Morgan fingerprint density at radius 3 is 2.65 bits per heavy atom. The first-order valence-corrected chi connectivity index (χ1v) is 8.32. The molecule has 3 rings (SSSR count). The van der Waals surface area contributed by atoms with Gasteiger partial charge in [0.05, 0.1) is 16.1 Å². The van der Waals surface area contributed by atoms with Crippen LogP contribution in [0.2, 0.25) is 5.02 Å². The van der Waals surface area contributed by atoms with Crippen LogP contribution in [0.25, 0.3) is 11.5 Å². The van der Waals surface area contributed by atoms with Gasteiger partial charge in [0.1, 0.15) is 0 Å². The van der Waals surface area contributed by atoms with Gasteiger partial charge in [-0.3, -0.25) is 10.1 Å². The summed E-state index contributed by atoms with van der Waals surface area (Å²) in [5.74, 6) is -0.0478. The van der Waals surface area contributed by atoms with Crippen molar-refractivity contribution in [1.82, 2.24) is 10.2 Å². The Kier molecular flexibility index (Phi) is 4.64. The molecule has 0 atom stereocenters. The highest BCUT2D eigenvalue weighted by Gasteiger charge is 2.16. The second-order valence-electron chi connectivity index (χ2n) is 4.55. The topological polar surface area (TPSA) is 68.0 Å². The van der Waals surface area contributed by atoms with Gasteiger partial charge in [-0.1, -0.05) is 41.0 Å². The fourth-order valence-electron chi connectivity index (χ4n) is 2.01. The largest absolute Gasteiger partial charge is 0.403 e. The molecule has 116 valence electrons. The minimum absolute atomic E-state index is 0.0285. The molecule has 1 N–H and O–H groups in total. The van der Waals surface area contributed by atoms with Gasteiger partial charge >= 0.3 is 6.01 Å². The monoisotopic (exact) mass is 345 g/mol. The van der Waals surface area contributed by atoms with E-state index in [1.165, 1.54) is 0 Å². The van der Waals surface area contributed by atoms with Crippen molar-refractivity contribution in [2.75, 3.05) is 11.6 Å². The molecule has 0 bridgehead atoms. The van der Waals surface area contributed by atoms with Crippen molar-refractivity contribution >= 4 is 35.3 Å². The van der Waals surface area contributed by atoms with Crippen LogP contribution in [0.15, 0.2) is 57.8 Å². The lowest BCUT2D eigenvalue weighted by Crippen LogP contribution is -2.12. The third-order valence-corrected chi connectivity index (χ3v) is 4.23. The lowest BCUT2D eigenvalue weighted by atomic mass is 10.2. The molecule has 0 unspecified atom stereocenters. The second kappa shape index (κ2) is 6.85. The summed E-state index contributed by atoms with van der Waals surface area (Å²) < 4.78 is 5.53. The van der Waals surface area contributed by atoms with Gasteiger partial charge in [0, 0.05) is 4.90 Å². The van der Waals surface area contributed by atoms with E-state index in [2.05, 4.69) is 15.5 Å². The summed E-state index contributed by atoms with van der Waals surface area (Å²) in [7, 11) is 0. The third-order valence-electron chi connectivity index (χ3n) is 3.10. The van der Waals surface area contributed by atoms with Crippen LogP contribution in [0.3, 0.4) is 0 Å². The molecule has 1 amide bonds. The second-order valence-corrected chi connectivity index (χ2v) is 5.80. The number of thioether (sulfide) groups is 1. The standard InChI is InChI=1S/C16H12ClN3O2S/c1-23-13-9-5-3-7-11(13)15-19-20-16(22-15)18-14(21)10-6-2-4-8-12(10)17/h2-9H,1H3,(H,18,20,21). The molecule has 2 aromatic carbocycles. The van der Waals surface area contributed by atoms with E-state index >= 15 is 0 Å². The minimum atomic E-state index is -0.399. The van der Waals surface area contributed by atoms with E-state index < -0.39 is 5.91 Å². The Morgan fingerprint density at radius 2 is 1.87 bits per heavy atom. The molecule has 0 aliphatic carbocycles. The van der Waals surface area contributed by atoms with Crippen LogP contribution in [0.1, 0.15) is 10.4 Å². The minimum Gasteiger partial charge on any atom is -0.403 e. The Bertz CT molecular complexity index is 851. The maximum atomic E-state index is 12.2. The predicted octanol–water partition coefficient (Wildman–Crippen LogP) is 4.36. The van der Waals surface area contributed by atoms with Crippen LogP contribution in [-0.2, 0) is 0 Å². The lowest BCUT2D eigenvalue weighted by molar-refractivity contribution is 0.102. The van der Waals surface area contributed by atoms with Crippen molar-refractivity contribution in [2.45, 2.75) is 4.90 Å². The van der Waals surface area contributed by atoms with Crippen molar-refractivity contribution in [3.8, 4) is 11.5 Å². The summed E-state index contributed by atoms with van der Waals surface area (Å²) in [5.41, 5.74) is 1.17. The highest BCUT2D eigenvalue weighted by atomic mass is 35.5. The van der Waals surface area contributed by atoms with Crippen molar-refractivity contribution < 1.29 is 9.21 Å². The van der Waals surface area contributed by atoms with Gasteiger partial charge in [-0.05, 0) is 30.5 Å². The first-order chi connectivity index (χ1) is 11.2. The van der Waals surface area contributed by atoms with Crippen molar-refractivity contribution in [3.63, 3.8) is 0 Å². The molecule has 23 heavy (non-hydrogen) atoms. The lowest BCUT2D eigenvalue weighted by Gasteiger charge is -2.03. The van der Waals surface area contributed by atoms with E-state index in [1.54, 1.807) is 36.0 Å². The number of rotatable bonds is 4. The molecular weight excluding hydrogens is 334 g/mol. The number of carbonyl (C=O) groups excluding carboxylic acids is 1. The maximum Gasteiger partial charge on any atom is 0.322 e. The van der Waals surface area contributed by atoms with E-state index in [1.807, 2.05) is 30.5 Å². The summed E-state index contributed by atoms with van der Waals surface area (Å²) in [6, 6.07) is 14.5. The average molecular weight is 346 g/mol. The molecule has 0 fully saturated rings. The van der Waals surface area contributed by atoms with E-state index in [0.717, 1.165) is 10.5 Å².